The zero-order valence-corrected chi connectivity index (χ0v) is 11.8. The average molecular weight is 262 g/mol. The molecule has 0 saturated carbocycles. The molecule has 1 aromatic rings. The van der Waals surface area contributed by atoms with Gasteiger partial charge in [0, 0.05) is 24.6 Å². The van der Waals surface area contributed by atoms with E-state index in [4.69, 9.17) is 10.5 Å². The lowest BCUT2D eigenvalue weighted by atomic mass is 9.85. The average Bonchev–Trinajstić information content (AvgIpc) is 2.74. The van der Waals surface area contributed by atoms with Crippen molar-refractivity contribution in [1.29, 1.82) is 0 Å². The number of fused-ring (bicyclic) bond motifs is 1. The van der Waals surface area contributed by atoms with Crippen molar-refractivity contribution in [3.05, 3.63) is 23.8 Å². The van der Waals surface area contributed by atoms with Crippen LogP contribution in [0.3, 0.4) is 0 Å². The zero-order chi connectivity index (χ0) is 14.0. The van der Waals surface area contributed by atoms with E-state index in [0.29, 0.717) is 6.42 Å². The van der Waals surface area contributed by atoms with E-state index in [1.54, 1.807) is 0 Å². The van der Waals surface area contributed by atoms with Gasteiger partial charge in [-0.15, -0.1) is 0 Å². The van der Waals surface area contributed by atoms with Crippen LogP contribution in [0.15, 0.2) is 18.2 Å². The third-order valence-corrected chi connectivity index (χ3v) is 3.49. The highest BCUT2D eigenvalue weighted by Crippen LogP contribution is 2.28. The van der Waals surface area contributed by atoms with Crippen LogP contribution in [0, 0.1) is 5.41 Å². The number of nitrogens with one attached hydrogen (secondary N) is 1. The number of benzene rings is 1. The monoisotopic (exact) mass is 262 g/mol. The highest BCUT2D eigenvalue weighted by Gasteiger charge is 2.23. The number of amides is 1. The molecule has 0 spiro atoms. The molecule has 1 aliphatic heterocycles. The molecule has 1 aromatic carbocycles. The molecule has 104 valence electrons. The van der Waals surface area contributed by atoms with Gasteiger partial charge in [-0.3, -0.25) is 4.79 Å². The van der Waals surface area contributed by atoms with E-state index in [1.165, 1.54) is 0 Å². The second-order valence-electron chi connectivity index (χ2n) is 6.15. The van der Waals surface area contributed by atoms with Crippen molar-refractivity contribution in [3.8, 4) is 5.75 Å². The van der Waals surface area contributed by atoms with Gasteiger partial charge in [-0.2, -0.15) is 0 Å². The fourth-order valence-corrected chi connectivity index (χ4v) is 1.98. The van der Waals surface area contributed by atoms with Crippen LogP contribution >= 0.6 is 0 Å². The standard InChI is InChI=1S/C15H22N2O2/c1-15(2,3)13(16)9-14(18)17-11-4-5-12-10(8-11)6-7-19-12/h4-5,8,13H,6-7,9,16H2,1-3H3,(H,17,18). The molecular formula is C15H22N2O2. The summed E-state index contributed by atoms with van der Waals surface area (Å²) in [6, 6.07) is 5.60. The number of ether oxygens (including phenoxy) is 1. The van der Waals surface area contributed by atoms with Crippen molar-refractivity contribution in [2.24, 2.45) is 11.1 Å². The van der Waals surface area contributed by atoms with E-state index in [-0.39, 0.29) is 17.4 Å². The topological polar surface area (TPSA) is 64.4 Å². The van der Waals surface area contributed by atoms with E-state index in [9.17, 15) is 4.79 Å². The van der Waals surface area contributed by atoms with Gasteiger partial charge in [-0.05, 0) is 29.2 Å². The Labute approximate surface area is 114 Å². The highest BCUT2D eigenvalue weighted by molar-refractivity contribution is 5.91. The first-order valence-corrected chi connectivity index (χ1v) is 6.67. The molecule has 1 unspecified atom stereocenters. The van der Waals surface area contributed by atoms with Crippen molar-refractivity contribution in [1.82, 2.24) is 0 Å². The van der Waals surface area contributed by atoms with E-state index in [2.05, 4.69) is 5.32 Å². The molecule has 1 heterocycles. The maximum Gasteiger partial charge on any atom is 0.225 e. The summed E-state index contributed by atoms with van der Waals surface area (Å²) in [7, 11) is 0. The molecule has 4 nitrogen and oxygen atoms in total. The fourth-order valence-electron chi connectivity index (χ4n) is 1.98. The van der Waals surface area contributed by atoms with Crippen LogP contribution in [0.25, 0.3) is 0 Å². The molecule has 1 atom stereocenters. The summed E-state index contributed by atoms with van der Waals surface area (Å²) in [4.78, 5) is 11.9. The highest BCUT2D eigenvalue weighted by atomic mass is 16.5. The Balaban J connectivity index is 1.96. The number of hydrogen-bond acceptors (Lipinski definition) is 3. The summed E-state index contributed by atoms with van der Waals surface area (Å²) in [5.41, 5.74) is 7.91. The molecule has 0 fully saturated rings. The normalized spacial score (nSPS) is 15.6. The lowest BCUT2D eigenvalue weighted by Gasteiger charge is -2.26. The number of hydrogen-bond donors (Lipinski definition) is 2. The minimum Gasteiger partial charge on any atom is -0.493 e. The maximum absolute atomic E-state index is 11.9. The molecule has 4 heteroatoms. The van der Waals surface area contributed by atoms with Crippen molar-refractivity contribution >= 4 is 11.6 Å². The van der Waals surface area contributed by atoms with E-state index in [0.717, 1.165) is 30.0 Å². The van der Waals surface area contributed by atoms with Gasteiger partial charge >= 0.3 is 0 Å². The molecule has 0 radical (unpaired) electrons. The van der Waals surface area contributed by atoms with Crippen LogP contribution in [-0.4, -0.2) is 18.6 Å². The van der Waals surface area contributed by atoms with E-state index in [1.807, 2.05) is 39.0 Å². The van der Waals surface area contributed by atoms with Crippen LogP contribution in [-0.2, 0) is 11.2 Å². The smallest absolute Gasteiger partial charge is 0.225 e. The first kappa shape index (κ1) is 13.9. The van der Waals surface area contributed by atoms with Gasteiger partial charge in [0.05, 0.1) is 6.61 Å². The summed E-state index contributed by atoms with van der Waals surface area (Å²) >= 11 is 0. The largest absolute Gasteiger partial charge is 0.493 e. The van der Waals surface area contributed by atoms with Crippen molar-refractivity contribution in [3.63, 3.8) is 0 Å². The summed E-state index contributed by atoms with van der Waals surface area (Å²) in [6.45, 7) is 6.84. The molecule has 19 heavy (non-hydrogen) atoms. The fraction of sp³-hybridized carbons (Fsp3) is 0.533. The number of rotatable bonds is 3. The third kappa shape index (κ3) is 3.47. The number of nitrogens with two attached hydrogens (primary N) is 1. The number of anilines is 1. The maximum atomic E-state index is 11.9. The Morgan fingerprint density at radius 3 is 2.89 bits per heavy atom. The minimum atomic E-state index is -0.148. The predicted molar refractivity (Wildman–Crippen MR) is 76.3 cm³/mol. The van der Waals surface area contributed by atoms with Crippen molar-refractivity contribution < 1.29 is 9.53 Å². The first-order chi connectivity index (χ1) is 8.86. The third-order valence-electron chi connectivity index (χ3n) is 3.49. The van der Waals surface area contributed by atoms with Gasteiger partial charge in [0.15, 0.2) is 0 Å². The summed E-state index contributed by atoms with van der Waals surface area (Å²) < 4.78 is 5.43. The van der Waals surface area contributed by atoms with Crippen LogP contribution in [0.4, 0.5) is 5.69 Å². The number of carbonyl (C=O) groups excluding carboxylic acids is 1. The zero-order valence-electron chi connectivity index (χ0n) is 11.8. The van der Waals surface area contributed by atoms with Gasteiger partial charge in [0.1, 0.15) is 5.75 Å². The first-order valence-electron chi connectivity index (χ1n) is 6.67. The lowest BCUT2D eigenvalue weighted by molar-refractivity contribution is -0.117. The molecule has 0 bridgehead atoms. The second kappa shape index (κ2) is 5.21. The lowest BCUT2D eigenvalue weighted by Crippen LogP contribution is -2.38. The number of carbonyl (C=O) groups is 1. The summed E-state index contributed by atoms with van der Waals surface area (Å²) in [6.07, 6.45) is 1.23. The van der Waals surface area contributed by atoms with Gasteiger partial charge in [-0.1, -0.05) is 20.8 Å². The van der Waals surface area contributed by atoms with Gasteiger partial charge in [0.2, 0.25) is 5.91 Å². The molecule has 0 aromatic heterocycles. The SMILES string of the molecule is CC(C)(C)C(N)CC(=O)Nc1ccc2c(c1)CCO2. The van der Waals surface area contributed by atoms with E-state index >= 15 is 0 Å². The van der Waals surface area contributed by atoms with Crippen molar-refractivity contribution in [2.75, 3.05) is 11.9 Å². The Bertz CT molecular complexity index is 478. The quantitative estimate of drug-likeness (QED) is 0.878. The van der Waals surface area contributed by atoms with Crippen LogP contribution in [0.1, 0.15) is 32.8 Å². The Hall–Kier alpha value is -1.55. The van der Waals surface area contributed by atoms with Gasteiger partial charge in [0.25, 0.3) is 0 Å². The minimum absolute atomic E-state index is 0.0405. The van der Waals surface area contributed by atoms with E-state index < -0.39 is 0 Å². The summed E-state index contributed by atoms with van der Waals surface area (Å²) in [5.74, 6) is 0.880. The van der Waals surface area contributed by atoms with Crippen LogP contribution in [0.2, 0.25) is 0 Å². The summed E-state index contributed by atoms with van der Waals surface area (Å²) in [5, 5.41) is 2.90. The molecule has 3 N–H and O–H groups in total. The Morgan fingerprint density at radius 1 is 1.47 bits per heavy atom. The van der Waals surface area contributed by atoms with Crippen LogP contribution in [0.5, 0.6) is 5.75 Å². The molecular weight excluding hydrogens is 240 g/mol. The van der Waals surface area contributed by atoms with Gasteiger partial charge < -0.3 is 15.8 Å². The Morgan fingerprint density at radius 2 is 2.21 bits per heavy atom. The predicted octanol–water partition coefficient (Wildman–Crippen LogP) is 2.32. The molecule has 0 aliphatic carbocycles. The molecule has 2 rings (SSSR count). The second-order valence-corrected chi connectivity index (χ2v) is 6.15. The van der Waals surface area contributed by atoms with Crippen LogP contribution < -0.4 is 15.8 Å². The molecule has 0 saturated heterocycles. The molecule has 1 aliphatic rings. The van der Waals surface area contributed by atoms with Gasteiger partial charge in [-0.25, -0.2) is 0 Å². The van der Waals surface area contributed by atoms with Crippen molar-refractivity contribution in [2.45, 2.75) is 39.7 Å². The Kier molecular flexibility index (Phi) is 3.80. The molecule has 1 amide bonds.